The van der Waals surface area contributed by atoms with Gasteiger partial charge in [0.05, 0.1) is 35.3 Å². The second kappa shape index (κ2) is 9.13. The van der Waals surface area contributed by atoms with Gasteiger partial charge in [0, 0.05) is 18.2 Å². The third kappa shape index (κ3) is 4.52. The molecule has 0 saturated carbocycles. The van der Waals surface area contributed by atoms with Gasteiger partial charge in [0.15, 0.2) is 0 Å². The predicted molar refractivity (Wildman–Crippen MR) is 116 cm³/mol. The molecule has 1 aliphatic heterocycles. The highest BCUT2D eigenvalue weighted by molar-refractivity contribution is 6.03. The van der Waals surface area contributed by atoms with E-state index in [4.69, 9.17) is 4.74 Å². The van der Waals surface area contributed by atoms with Crippen LogP contribution < -0.4 is 5.32 Å². The number of pyridine rings is 2. The molecule has 0 radical (unpaired) electrons. The first-order valence-corrected chi connectivity index (χ1v) is 10.5. The number of aliphatic hydroxyl groups is 2. The second-order valence-electron chi connectivity index (χ2n) is 8.50. The van der Waals surface area contributed by atoms with Gasteiger partial charge in [-0.3, -0.25) is 9.78 Å². The Morgan fingerprint density at radius 3 is 2.47 bits per heavy atom. The average Bonchev–Trinajstić information content (AvgIpc) is 2.78. The zero-order valence-electron chi connectivity index (χ0n) is 18.3. The van der Waals surface area contributed by atoms with Crippen molar-refractivity contribution in [2.75, 3.05) is 5.32 Å². The molecular formula is C24H22F3N3O4. The summed E-state index contributed by atoms with van der Waals surface area (Å²) >= 11 is 0. The van der Waals surface area contributed by atoms with Crippen LogP contribution in [0.4, 0.5) is 18.9 Å². The van der Waals surface area contributed by atoms with Crippen molar-refractivity contribution in [1.29, 1.82) is 0 Å². The summed E-state index contributed by atoms with van der Waals surface area (Å²) in [6.07, 6.45) is 0.0986. The second-order valence-corrected chi connectivity index (χ2v) is 8.50. The Bertz CT molecular complexity index is 1220. The molecule has 0 bridgehead atoms. The van der Waals surface area contributed by atoms with Gasteiger partial charge in [-0.25, -0.2) is 18.2 Å². The smallest absolute Gasteiger partial charge is 0.274 e. The van der Waals surface area contributed by atoms with E-state index >= 15 is 0 Å². The molecule has 1 aromatic carbocycles. The lowest BCUT2D eigenvalue weighted by Gasteiger charge is -2.43. The Hall–Kier alpha value is -3.34. The first kappa shape index (κ1) is 23.8. The normalized spacial score (nSPS) is 21.8. The van der Waals surface area contributed by atoms with Crippen LogP contribution in [0.3, 0.4) is 0 Å². The van der Waals surface area contributed by atoms with Gasteiger partial charge in [-0.05, 0) is 44.2 Å². The predicted octanol–water partition coefficient (Wildman–Crippen LogP) is 3.78. The number of aromatic nitrogens is 2. The van der Waals surface area contributed by atoms with Crippen LogP contribution >= 0.6 is 0 Å². The summed E-state index contributed by atoms with van der Waals surface area (Å²) in [7, 11) is 0. The van der Waals surface area contributed by atoms with Crippen LogP contribution in [0.2, 0.25) is 0 Å². The van der Waals surface area contributed by atoms with Crippen molar-refractivity contribution in [1.82, 2.24) is 9.97 Å². The first-order valence-electron chi connectivity index (χ1n) is 10.5. The Balaban J connectivity index is 1.64. The molecule has 10 heteroatoms. The zero-order chi connectivity index (χ0) is 24.6. The van der Waals surface area contributed by atoms with Gasteiger partial charge < -0.3 is 20.3 Å². The van der Waals surface area contributed by atoms with E-state index in [-0.39, 0.29) is 17.8 Å². The van der Waals surface area contributed by atoms with Crippen LogP contribution in [0.25, 0.3) is 11.3 Å². The molecule has 0 spiro atoms. The van der Waals surface area contributed by atoms with E-state index in [1.807, 2.05) is 0 Å². The lowest BCUT2D eigenvalue weighted by molar-refractivity contribution is -0.214. The fourth-order valence-corrected chi connectivity index (χ4v) is 3.93. The molecule has 0 aliphatic carbocycles. The highest BCUT2D eigenvalue weighted by Crippen LogP contribution is 2.39. The van der Waals surface area contributed by atoms with E-state index in [9.17, 15) is 28.2 Å². The topological polar surface area (TPSA) is 105 Å². The van der Waals surface area contributed by atoms with Gasteiger partial charge >= 0.3 is 0 Å². The number of anilines is 1. The minimum Gasteiger partial charge on any atom is -0.390 e. The molecule has 3 heterocycles. The minimum atomic E-state index is -1.09. The van der Waals surface area contributed by atoms with Crippen molar-refractivity contribution < 1.29 is 32.9 Å². The van der Waals surface area contributed by atoms with Crippen LogP contribution in [-0.2, 0) is 4.74 Å². The Labute approximate surface area is 193 Å². The van der Waals surface area contributed by atoms with Crippen LogP contribution in [0.15, 0.2) is 48.8 Å². The molecular weight excluding hydrogens is 451 g/mol. The summed E-state index contributed by atoms with van der Waals surface area (Å²) in [4.78, 5) is 20.8. The largest absolute Gasteiger partial charge is 0.390 e. The maximum atomic E-state index is 14.4. The van der Waals surface area contributed by atoms with Crippen molar-refractivity contribution in [2.24, 2.45) is 0 Å². The van der Waals surface area contributed by atoms with E-state index in [2.05, 4.69) is 15.3 Å². The summed E-state index contributed by atoms with van der Waals surface area (Å²) in [6.45, 7) is 3.27. The summed E-state index contributed by atoms with van der Waals surface area (Å²) in [6, 6.07) is 6.65. The zero-order valence-corrected chi connectivity index (χ0v) is 18.3. The summed E-state index contributed by atoms with van der Waals surface area (Å²) in [5.41, 5.74) is -1.92. The molecule has 1 amide bonds. The fourth-order valence-electron chi connectivity index (χ4n) is 3.93. The van der Waals surface area contributed by atoms with Crippen LogP contribution in [0.1, 0.15) is 42.4 Å². The molecule has 3 aromatic rings. The number of ether oxygens (including phenoxy) is 1. The molecule has 0 unspecified atom stereocenters. The molecule has 1 saturated heterocycles. The monoisotopic (exact) mass is 473 g/mol. The third-order valence-electron chi connectivity index (χ3n) is 5.71. The highest BCUT2D eigenvalue weighted by atomic mass is 19.1. The molecule has 1 aliphatic rings. The number of hydrogen-bond donors (Lipinski definition) is 3. The third-order valence-corrected chi connectivity index (χ3v) is 5.71. The van der Waals surface area contributed by atoms with Crippen molar-refractivity contribution in [3.63, 3.8) is 0 Å². The Morgan fingerprint density at radius 2 is 1.79 bits per heavy atom. The van der Waals surface area contributed by atoms with Crippen molar-refractivity contribution >= 4 is 11.6 Å². The maximum absolute atomic E-state index is 14.4. The number of aliphatic hydroxyl groups excluding tert-OH is 2. The quantitative estimate of drug-likeness (QED) is 0.533. The highest BCUT2D eigenvalue weighted by Gasteiger charge is 2.43. The molecule has 4 rings (SSSR count). The fraction of sp³-hybridized carbons (Fsp3) is 0.292. The molecule has 3 atom stereocenters. The van der Waals surface area contributed by atoms with Gasteiger partial charge in [-0.1, -0.05) is 6.07 Å². The maximum Gasteiger partial charge on any atom is 0.274 e. The van der Waals surface area contributed by atoms with E-state index < -0.39 is 58.5 Å². The van der Waals surface area contributed by atoms with Crippen LogP contribution in [0.5, 0.6) is 0 Å². The van der Waals surface area contributed by atoms with E-state index in [1.165, 1.54) is 12.4 Å². The molecule has 178 valence electrons. The van der Waals surface area contributed by atoms with E-state index in [1.54, 1.807) is 19.9 Å². The SMILES string of the molecule is CC1(C)O[C@@H](c2ccncc2NC(=O)c2ccc(F)c(-c3c(F)cccc3F)n2)C[C@H](O)[C@@H]1O. The number of amides is 1. The standard InChI is InChI=1S/C24H22F3N3O4/c1-24(2)22(32)18(31)10-19(34-24)12-8-9-28-11-17(12)30-23(33)16-7-6-15(27)21(29-16)20-13(25)4-3-5-14(20)26/h3-9,11,18-19,22,31-32H,10H2,1-2H3,(H,30,33)/t18-,19+,22-/m0/s1. The van der Waals surface area contributed by atoms with Gasteiger partial charge in [-0.15, -0.1) is 0 Å². The van der Waals surface area contributed by atoms with E-state index in [0.717, 1.165) is 30.3 Å². The lowest BCUT2D eigenvalue weighted by atomic mass is 9.87. The lowest BCUT2D eigenvalue weighted by Crippen LogP contribution is -2.52. The van der Waals surface area contributed by atoms with E-state index in [0.29, 0.717) is 5.56 Å². The molecule has 7 nitrogen and oxygen atoms in total. The number of benzene rings is 1. The van der Waals surface area contributed by atoms with Gasteiger partial charge in [0.2, 0.25) is 0 Å². The number of halogens is 3. The van der Waals surface area contributed by atoms with Crippen molar-refractivity contribution in [3.8, 4) is 11.3 Å². The Morgan fingerprint density at radius 1 is 1.09 bits per heavy atom. The summed E-state index contributed by atoms with van der Waals surface area (Å²) in [5, 5.41) is 23.0. The van der Waals surface area contributed by atoms with Gasteiger partial charge in [0.1, 0.15) is 34.9 Å². The van der Waals surface area contributed by atoms with Crippen LogP contribution in [-0.4, -0.2) is 43.9 Å². The molecule has 3 N–H and O–H groups in total. The van der Waals surface area contributed by atoms with Crippen molar-refractivity contribution in [3.05, 3.63) is 77.5 Å². The number of hydrogen-bond acceptors (Lipinski definition) is 6. The molecule has 1 fully saturated rings. The summed E-state index contributed by atoms with van der Waals surface area (Å²) < 4.78 is 48.6. The number of nitrogens with zero attached hydrogens (tertiary/aromatic N) is 2. The summed E-state index contributed by atoms with van der Waals surface area (Å²) in [5.74, 6) is -3.80. The first-order chi connectivity index (χ1) is 16.1. The van der Waals surface area contributed by atoms with Gasteiger partial charge in [-0.2, -0.15) is 0 Å². The Kier molecular flexibility index (Phi) is 6.39. The number of carbonyl (C=O) groups is 1. The number of nitrogens with one attached hydrogen (secondary N) is 1. The number of rotatable bonds is 4. The van der Waals surface area contributed by atoms with Crippen molar-refractivity contribution in [2.45, 2.75) is 44.2 Å². The minimum absolute atomic E-state index is 0.0724. The molecule has 34 heavy (non-hydrogen) atoms. The molecule has 2 aromatic heterocycles. The average molecular weight is 473 g/mol. The van der Waals surface area contributed by atoms with Crippen LogP contribution in [0, 0.1) is 17.5 Å². The number of carbonyl (C=O) groups excluding carboxylic acids is 1. The van der Waals surface area contributed by atoms with Gasteiger partial charge in [0.25, 0.3) is 5.91 Å².